The van der Waals surface area contributed by atoms with Crippen molar-refractivity contribution >= 4 is 0 Å². The molecule has 0 amide bonds. The van der Waals surface area contributed by atoms with E-state index in [1.807, 2.05) is 0 Å². The molecule has 0 radical (unpaired) electrons. The molecule has 1 saturated heterocycles. The van der Waals surface area contributed by atoms with Crippen LogP contribution in [0.15, 0.2) is 0 Å². The molecule has 1 aliphatic rings. The summed E-state index contributed by atoms with van der Waals surface area (Å²) in [6.07, 6.45) is 4.75. The fourth-order valence-corrected chi connectivity index (χ4v) is 2.55. The van der Waals surface area contributed by atoms with Gasteiger partial charge >= 0.3 is 0 Å². The van der Waals surface area contributed by atoms with E-state index in [0.29, 0.717) is 6.04 Å². The summed E-state index contributed by atoms with van der Waals surface area (Å²) >= 11 is 0. The molecule has 0 saturated carbocycles. The van der Waals surface area contributed by atoms with Gasteiger partial charge in [-0.3, -0.25) is 0 Å². The van der Waals surface area contributed by atoms with Crippen molar-refractivity contribution in [3.63, 3.8) is 0 Å². The number of nitrogens with one attached hydrogen (secondary N) is 1. The van der Waals surface area contributed by atoms with E-state index in [-0.39, 0.29) is 6.61 Å². The molecule has 1 fully saturated rings. The highest BCUT2D eigenvalue weighted by atomic mass is 16.3. The molecule has 1 rings (SSSR count). The number of likely N-dealkylation sites (N-methyl/N-ethyl adjacent to an activating group) is 1. The SMILES string of the molecule is CCCNC(CCO)CN(C)CCN1CCCC1. The number of aliphatic hydroxyl groups excluding tert-OH is 1. The summed E-state index contributed by atoms with van der Waals surface area (Å²) in [4.78, 5) is 4.94. The van der Waals surface area contributed by atoms with E-state index in [2.05, 4.69) is 29.1 Å². The molecule has 2 N–H and O–H groups in total. The Kier molecular flexibility index (Phi) is 8.59. The maximum atomic E-state index is 9.08. The molecular weight excluding hydrogens is 226 g/mol. The van der Waals surface area contributed by atoms with Gasteiger partial charge in [0.25, 0.3) is 0 Å². The summed E-state index contributed by atoms with van der Waals surface area (Å²) in [5, 5.41) is 12.6. The Hall–Kier alpha value is -0.160. The monoisotopic (exact) mass is 257 g/mol. The minimum absolute atomic E-state index is 0.279. The molecule has 108 valence electrons. The van der Waals surface area contributed by atoms with Gasteiger partial charge in [0.15, 0.2) is 0 Å². The third kappa shape index (κ3) is 6.69. The highest BCUT2D eigenvalue weighted by Gasteiger charge is 2.14. The van der Waals surface area contributed by atoms with Gasteiger partial charge in [-0.25, -0.2) is 0 Å². The lowest BCUT2D eigenvalue weighted by atomic mass is 10.2. The quantitative estimate of drug-likeness (QED) is 0.606. The van der Waals surface area contributed by atoms with Crippen LogP contribution < -0.4 is 5.32 Å². The zero-order chi connectivity index (χ0) is 13.2. The number of likely N-dealkylation sites (tertiary alicyclic amines) is 1. The van der Waals surface area contributed by atoms with Gasteiger partial charge in [-0.05, 0) is 52.4 Å². The van der Waals surface area contributed by atoms with E-state index in [9.17, 15) is 0 Å². The van der Waals surface area contributed by atoms with E-state index >= 15 is 0 Å². The second kappa shape index (κ2) is 9.73. The van der Waals surface area contributed by atoms with Crippen LogP contribution >= 0.6 is 0 Å². The minimum Gasteiger partial charge on any atom is -0.396 e. The maximum absolute atomic E-state index is 9.08. The number of hydrogen-bond donors (Lipinski definition) is 2. The van der Waals surface area contributed by atoms with Crippen LogP contribution in [0.25, 0.3) is 0 Å². The van der Waals surface area contributed by atoms with Crippen LogP contribution in [0, 0.1) is 0 Å². The van der Waals surface area contributed by atoms with Gasteiger partial charge in [0.05, 0.1) is 0 Å². The molecule has 1 heterocycles. The summed E-state index contributed by atoms with van der Waals surface area (Å²) < 4.78 is 0. The second-order valence-electron chi connectivity index (χ2n) is 5.47. The normalized spacial score (nSPS) is 18.7. The first-order valence-corrected chi connectivity index (χ1v) is 7.51. The fraction of sp³-hybridized carbons (Fsp3) is 1.00. The highest BCUT2D eigenvalue weighted by molar-refractivity contribution is 4.72. The highest BCUT2D eigenvalue weighted by Crippen LogP contribution is 2.06. The van der Waals surface area contributed by atoms with Gasteiger partial charge in [-0.2, -0.15) is 0 Å². The van der Waals surface area contributed by atoms with Crippen molar-refractivity contribution in [2.45, 2.75) is 38.6 Å². The Morgan fingerprint density at radius 3 is 2.67 bits per heavy atom. The lowest BCUT2D eigenvalue weighted by molar-refractivity contribution is 0.211. The number of nitrogens with zero attached hydrogens (tertiary/aromatic N) is 2. The molecule has 0 aliphatic carbocycles. The van der Waals surface area contributed by atoms with Crippen LogP contribution in [0.3, 0.4) is 0 Å². The Bertz CT molecular complexity index is 195. The molecule has 0 spiro atoms. The molecule has 0 aromatic rings. The van der Waals surface area contributed by atoms with Crippen LogP contribution in [0.1, 0.15) is 32.6 Å². The van der Waals surface area contributed by atoms with Crippen LogP contribution in [0.2, 0.25) is 0 Å². The lowest BCUT2D eigenvalue weighted by Crippen LogP contribution is -2.42. The van der Waals surface area contributed by atoms with E-state index in [0.717, 1.165) is 32.5 Å². The van der Waals surface area contributed by atoms with Gasteiger partial charge in [0.2, 0.25) is 0 Å². The molecule has 1 atom stereocenters. The molecule has 4 nitrogen and oxygen atoms in total. The van der Waals surface area contributed by atoms with Crippen molar-refractivity contribution in [3.05, 3.63) is 0 Å². The van der Waals surface area contributed by atoms with Crippen molar-refractivity contribution in [1.29, 1.82) is 0 Å². The number of rotatable bonds is 10. The first-order chi connectivity index (χ1) is 8.76. The Balaban J connectivity index is 2.15. The van der Waals surface area contributed by atoms with Crippen molar-refractivity contribution in [3.8, 4) is 0 Å². The predicted molar refractivity (Wildman–Crippen MR) is 77.0 cm³/mol. The lowest BCUT2D eigenvalue weighted by Gasteiger charge is -2.26. The Labute approximate surface area is 112 Å². The number of aliphatic hydroxyl groups is 1. The van der Waals surface area contributed by atoms with Gasteiger partial charge in [0, 0.05) is 32.3 Å². The number of hydrogen-bond acceptors (Lipinski definition) is 4. The Morgan fingerprint density at radius 2 is 2.06 bits per heavy atom. The largest absolute Gasteiger partial charge is 0.396 e. The molecule has 0 aromatic heterocycles. The van der Waals surface area contributed by atoms with Crippen molar-refractivity contribution in [1.82, 2.24) is 15.1 Å². The predicted octanol–water partition coefficient (Wildman–Crippen LogP) is 0.765. The zero-order valence-electron chi connectivity index (χ0n) is 12.2. The average molecular weight is 257 g/mol. The first kappa shape index (κ1) is 15.9. The van der Waals surface area contributed by atoms with Crippen molar-refractivity contribution in [2.75, 3.05) is 52.9 Å². The topological polar surface area (TPSA) is 38.7 Å². The second-order valence-corrected chi connectivity index (χ2v) is 5.47. The summed E-state index contributed by atoms with van der Waals surface area (Å²) in [6, 6.07) is 0.429. The van der Waals surface area contributed by atoms with Gasteiger partial charge < -0.3 is 20.2 Å². The van der Waals surface area contributed by atoms with Crippen LogP contribution in [0.5, 0.6) is 0 Å². The molecule has 1 aliphatic heterocycles. The molecule has 0 aromatic carbocycles. The molecular formula is C14H31N3O. The van der Waals surface area contributed by atoms with E-state index in [1.165, 1.54) is 32.5 Å². The molecule has 4 heteroatoms. The molecule has 18 heavy (non-hydrogen) atoms. The van der Waals surface area contributed by atoms with Gasteiger partial charge in [-0.15, -0.1) is 0 Å². The van der Waals surface area contributed by atoms with Gasteiger partial charge in [0.1, 0.15) is 0 Å². The first-order valence-electron chi connectivity index (χ1n) is 7.51. The zero-order valence-corrected chi connectivity index (χ0v) is 12.2. The minimum atomic E-state index is 0.279. The fourth-order valence-electron chi connectivity index (χ4n) is 2.55. The van der Waals surface area contributed by atoms with Crippen molar-refractivity contribution < 1.29 is 5.11 Å². The van der Waals surface area contributed by atoms with E-state index in [1.54, 1.807) is 0 Å². The third-order valence-electron chi connectivity index (χ3n) is 3.69. The summed E-state index contributed by atoms with van der Waals surface area (Å²) in [7, 11) is 2.19. The smallest absolute Gasteiger partial charge is 0.0446 e. The van der Waals surface area contributed by atoms with Crippen LogP contribution in [-0.4, -0.2) is 73.9 Å². The summed E-state index contributed by atoms with van der Waals surface area (Å²) in [6.45, 7) is 9.43. The average Bonchev–Trinajstić information content (AvgIpc) is 2.87. The molecule has 0 bridgehead atoms. The van der Waals surface area contributed by atoms with E-state index < -0.39 is 0 Å². The van der Waals surface area contributed by atoms with Crippen LogP contribution in [0.4, 0.5) is 0 Å². The Morgan fingerprint density at radius 1 is 1.33 bits per heavy atom. The van der Waals surface area contributed by atoms with Gasteiger partial charge in [-0.1, -0.05) is 6.92 Å². The van der Waals surface area contributed by atoms with Crippen molar-refractivity contribution in [2.24, 2.45) is 0 Å². The van der Waals surface area contributed by atoms with E-state index in [4.69, 9.17) is 5.11 Å². The maximum Gasteiger partial charge on any atom is 0.0446 e. The molecule has 1 unspecified atom stereocenters. The standard InChI is InChI=1S/C14H31N3O/c1-3-7-15-14(6-12-18)13-16(2)10-11-17-8-4-5-9-17/h14-15,18H,3-13H2,1-2H3. The van der Waals surface area contributed by atoms with Crippen LogP contribution in [-0.2, 0) is 0 Å². The third-order valence-corrected chi connectivity index (χ3v) is 3.69. The summed E-state index contributed by atoms with van der Waals surface area (Å²) in [5.41, 5.74) is 0. The summed E-state index contributed by atoms with van der Waals surface area (Å²) in [5.74, 6) is 0.